The van der Waals surface area contributed by atoms with E-state index in [1.807, 2.05) is 18.2 Å². The molecule has 6 nitrogen and oxygen atoms in total. The molecule has 0 bridgehead atoms. The molecule has 2 rings (SSSR count). The highest BCUT2D eigenvalue weighted by molar-refractivity contribution is 9.10. The van der Waals surface area contributed by atoms with Gasteiger partial charge in [0, 0.05) is 16.6 Å². The molecule has 0 N–H and O–H groups in total. The van der Waals surface area contributed by atoms with E-state index in [1.165, 1.54) is 4.90 Å². The number of amides is 1. The van der Waals surface area contributed by atoms with Gasteiger partial charge in [-0.3, -0.25) is 14.5 Å². The monoisotopic (exact) mass is 453 g/mol. The smallest absolute Gasteiger partial charge is 0.329 e. The van der Waals surface area contributed by atoms with Crippen molar-refractivity contribution in [1.29, 1.82) is 0 Å². The van der Waals surface area contributed by atoms with E-state index in [0.29, 0.717) is 5.69 Å². The van der Waals surface area contributed by atoms with Crippen LogP contribution in [0.2, 0.25) is 0 Å². The quantitative estimate of drug-likeness (QED) is 0.625. The summed E-state index contributed by atoms with van der Waals surface area (Å²) >= 11 is 3.41. The largest absolute Gasteiger partial charge is 0.460 e. The molecule has 0 saturated heterocycles. The minimum atomic E-state index is -0.894. The number of fused-ring (bicyclic) bond motifs is 1. The van der Waals surface area contributed by atoms with Crippen molar-refractivity contribution in [3.05, 3.63) is 28.2 Å². The van der Waals surface area contributed by atoms with Crippen LogP contribution in [-0.4, -0.2) is 35.1 Å². The first-order chi connectivity index (χ1) is 12.8. The van der Waals surface area contributed by atoms with Gasteiger partial charge < -0.3 is 9.47 Å². The maximum Gasteiger partial charge on any atom is 0.329 e. The molecule has 0 radical (unpaired) electrons. The summed E-state index contributed by atoms with van der Waals surface area (Å²) in [4.78, 5) is 39.3. The lowest BCUT2D eigenvalue weighted by molar-refractivity contribution is -0.158. The maximum absolute atomic E-state index is 12.9. The number of carbonyl (C=O) groups is 3. The van der Waals surface area contributed by atoms with Crippen LogP contribution in [0.3, 0.4) is 0 Å². The van der Waals surface area contributed by atoms with Crippen molar-refractivity contribution >= 4 is 39.5 Å². The number of carbonyl (C=O) groups excluding carboxylic acids is 3. The van der Waals surface area contributed by atoms with E-state index in [9.17, 15) is 14.4 Å². The van der Waals surface area contributed by atoms with E-state index in [0.717, 1.165) is 10.0 Å². The Balaban J connectivity index is 2.29. The minimum Gasteiger partial charge on any atom is -0.460 e. The Morgan fingerprint density at radius 1 is 1.11 bits per heavy atom. The number of hydrogen-bond donors (Lipinski definition) is 0. The van der Waals surface area contributed by atoms with Crippen molar-refractivity contribution in [1.82, 2.24) is 0 Å². The Kier molecular flexibility index (Phi) is 6.58. The summed E-state index contributed by atoms with van der Waals surface area (Å²) < 4.78 is 11.7. The molecule has 1 amide bonds. The summed E-state index contributed by atoms with van der Waals surface area (Å²) in [5.41, 5.74) is 0.197. The second kappa shape index (κ2) is 8.23. The van der Waals surface area contributed by atoms with Crippen molar-refractivity contribution in [3.8, 4) is 0 Å². The van der Waals surface area contributed by atoms with Crippen LogP contribution < -0.4 is 4.90 Å². The first-order valence-corrected chi connectivity index (χ1v) is 10.1. The SMILES string of the molecule is CC(C)(C)OC(=O)CCC(C(=O)OC(C)(C)C)N1C(=O)Cc2ccc(Br)cc21. The lowest BCUT2D eigenvalue weighted by atomic mass is 10.1. The first-order valence-electron chi connectivity index (χ1n) is 9.32. The van der Waals surface area contributed by atoms with Crippen LogP contribution in [0.5, 0.6) is 0 Å². The van der Waals surface area contributed by atoms with Crippen molar-refractivity contribution in [3.63, 3.8) is 0 Å². The highest BCUT2D eigenvalue weighted by Gasteiger charge is 2.39. The Labute approximate surface area is 174 Å². The van der Waals surface area contributed by atoms with E-state index in [1.54, 1.807) is 41.5 Å². The van der Waals surface area contributed by atoms with E-state index in [2.05, 4.69) is 15.9 Å². The van der Waals surface area contributed by atoms with Gasteiger partial charge in [-0.1, -0.05) is 22.0 Å². The van der Waals surface area contributed by atoms with Gasteiger partial charge in [0.2, 0.25) is 5.91 Å². The standard InChI is InChI=1S/C21H28BrNO5/c1-20(2,3)27-18(25)10-9-15(19(26)28-21(4,5)6)23-16-12-14(22)8-7-13(16)11-17(23)24/h7-8,12,15H,9-11H2,1-6H3. The van der Waals surface area contributed by atoms with Crippen LogP contribution in [0.15, 0.2) is 22.7 Å². The average Bonchev–Trinajstić information content (AvgIpc) is 2.80. The van der Waals surface area contributed by atoms with E-state index in [-0.39, 0.29) is 25.2 Å². The number of anilines is 1. The zero-order valence-corrected chi connectivity index (χ0v) is 18.9. The summed E-state index contributed by atoms with van der Waals surface area (Å²) in [5.74, 6) is -1.13. The highest BCUT2D eigenvalue weighted by Crippen LogP contribution is 2.35. The molecule has 1 aromatic carbocycles. The first kappa shape index (κ1) is 22.4. The van der Waals surface area contributed by atoms with Gasteiger partial charge in [0.05, 0.1) is 6.42 Å². The van der Waals surface area contributed by atoms with Crippen molar-refractivity contribution in [2.45, 2.75) is 78.0 Å². The molecule has 1 unspecified atom stereocenters. The van der Waals surface area contributed by atoms with Crippen LogP contribution in [0.25, 0.3) is 0 Å². The van der Waals surface area contributed by atoms with Crippen molar-refractivity contribution in [2.24, 2.45) is 0 Å². The minimum absolute atomic E-state index is 0.00823. The van der Waals surface area contributed by atoms with Crippen LogP contribution in [0.4, 0.5) is 5.69 Å². The predicted molar refractivity (Wildman–Crippen MR) is 110 cm³/mol. The molecule has 0 fully saturated rings. The van der Waals surface area contributed by atoms with Crippen molar-refractivity contribution in [2.75, 3.05) is 4.90 Å². The predicted octanol–water partition coefficient (Wildman–Crippen LogP) is 4.17. The molecule has 1 heterocycles. The highest BCUT2D eigenvalue weighted by atomic mass is 79.9. The van der Waals surface area contributed by atoms with Gasteiger partial charge in [-0.05, 0) is 65.7 Å². The van der Waals surface area contributed by atoms with Crippen LogP contribution in [0, 0.1) is 0 Å². The molecular weight excluding hydrogens is 426 g/mol. The lowest BCUT2D eigenvalue weighted by Gasteiger charge is -2.30. The summed E-state index contributed by atoms with van der Waals surface area (Å²) in [5, 5.41) is 0. The molecular formula is C21H28BrNO5. The summed E-state index contributed by atoms with van der Waals surface area (Å²) in [7, 11) is 0. The molecule has 0 spiro atoms. The third-order valence-electron chi connectivity index (χ3n) is 3.95. The molecule has 1 aliphatic heterocycles. The Bertz CT molecular complexity index is 776. The second-order valence-electron chi connectivity index (χ2n) is 8.89. The number of benzene rings is 1. The molecule has 0 saturated carbocycles. The molecule has 1 aliphatic rings. The molecule has 154 valence electrons. The summed E-state index contributed by atoms with van der Waals surface area (Å²) in [6.45, 7) is 10.7. The third-order valence-corrected chi connectivity index (χ3v) is 4.44. The lowest BCUT2D eigenvalue weighted by Crippen LogP contribution is -2.46. The zero-order chi connectivity index (χ0) is 21.3. The molecule has 0 aromatic heterocycles. The fraction of sp³-hybridized carbons (Fsp3) is 0.571. The Morgan fingerprint density at radius 2 is 1.71 bits per heavy atom. The number of rotatable bonds is 5. The summed E-state index contributed by atoms with van der Waals surface area (Å²) in [6.07, 6.45) is 0.351. The Hall–Kier alpha value is -1.89. The number of halogens is 1. The van der Waals surface area contributed by atoms with Gasteiger partial charge in [-0.25, -0.2) is 4.79 Å². The van der Waals surface area contributed by atoms with Crippen LogP contribution >= 0.6 is 15.9 Å². The molecule has 28 heavy (non-hydrogen) atoms. The number of esters is 2. The number of hydrogen-bond acceptors (Lipinski definition) is 5. The van der Waals surface area contributed by atoms with Gasteiger partial charge in [0.1, 0.15) is 17.2 Å². The van der Waals surface area contributed by atoms with E-state index < -0.39 is 29.2 Å². The topological polar surface area (TPSA) is 72.9 Å². The average molecular weight is 454 g/mol. The van der Waals surface area contributed by atoms with Gasteiger partial charge in [0.15, 0.2) is 0 Å². The third kappa shape index (κ3) is 6.06. The van der Waals surface area contributed by atoms with E-state index >= 15 is 0 Å². The fourth-order valence-corrected chi connectivity index (χ4v) is 3.35. The Morgan fingerprint density at radius 3 is 2.29 bits per heavy atom. The molecule has 0 aliphatic carbocycles. The van der Waals surface area contributed by atoms with Gasteiger partial charge in [-0.2, -0.15) is 0 Å². The number of ether oxygens (including phenoxy) is 2. The van der Waals surface area contributed by atoms with Crippen molar-refractivity contribution < 1.29 is 23.9 Å². The second-order valence-corrected chi connectivity index (χ2v) is 9.80. The van der Waals surface area contributed by atoms with E-state index in [4.69, 9.17) is 9.47 Å². The zero-order valence-electron chi connectivity index (χ0n) is 17.3. The van der Waals surface area contributed by atoms with Gasteiger partial charge in [0.25, 0.3) is 0 Å². The van der Waals surface area contributed by atoms with Crippen LogP contribution in [-0.2, 0) is 30.3 Å². The molecule has 1 aromatic rings. The molecule has 7 heteroatoms. The van der Waals surface area contributed by atoms with Crippen LogP contribution in [0.1, 0.15) is 59.9 Å². The number of nitrogens with zero attached hydrogens (tertiary/aromatic N) is 1. The normalized spacial score (nSPS) is 15.2. The van der Waals surface area contributed by atoms with Gasteiger partial charge >= 0.3 is 11.9 Å². The molecule has 1 atom stereocenters. The fourth-order valence-electron chi connectivity index (χ4n) is 3.00. The summed E-state index contributed by atoms with van der Waals surface area (Å²) in [6, 6.07) is 4.64. The van der Waals surface area contributed by atoms with Gasteiger partial charge in [-0.15, -0.1) is 0 Å². The maximum atomic E-state index is 12.9.